The van der Waals surface area contributed by atoms with E-state index in [1.165, 1.54) is 5.56 Å². The molecule has 1 aromatic heterocycles. The molecular weight excluding hydrogens is 440 g/mol. The van der Waals surface area contributed by atoms with E-state index in [0.29, 0.717) is 17.4 Å². The van der Waals surface area contributed by atoms with Crippen LogP contribution in [0, 0.1) is 5.92 Å². The summed E-state index contributed by atoms with van der Waals surface area (Å²) < 4.78 is 17.4. The van der Waals surface area contributed by atoms with Gasteiger partial charge in [-0.05, 0) is 48.6 Å². The third-order valence-electron chi connectivity index (χ3n) is 6.97. The zero-order valence-electron chi connectivity index (χ0n) is 20.9. The molecule has 0 saturated carbocycles. The Kier molecular flexibility index (Phi) is 7.04. The maximum atomic E-state index is 6.44. The number of methoxy groups -OCH3 is 2. The summed E-state index contributed by atoms with van der Waals surface area (Å²) in [5.41, 5.74) is 3.36. The molecule has 0 N–H and O–H groups in total. The lowest BCUT2D eigenvalue weighted by molar-refractivity contribution is 0.237. The number of anilines is 1. The number of rotatable bonds is 7. The molecule has 184 valence electrons. The Bertz CT molecular complexity index is 1160. The van der Waals surface area contributed by atoms with Gasteiger partial charge >= 0.3 is 0 Å². The lowest BCUT2D eigenvalue weighted by Gasteiger charge is -2.33. The second-order valence-electron chi connectivity index (χ2n) is 9.49. The van der Waals surface area contributed by atoms with Crippen molar-refractivity contribution in [2.45, 2.75) is 39.3 Å². The molecule has 0 amide bonds. The van der Waals surface area contributed by atoms with Crippen molar-refractivity contribution in [3.8, 4) is 23.1 Å². The third-order valence-corrected chi connectivity index (χ3v) is 6.97. The predicted octanol–water partition coefficient (Wildman–Crippen LogP) is 5.08. The molecule has 0 atom stereocenters. The van der Waals surface area contributed by atoms with Gasteiger partial charge in [-0.3, -0.25) is 4.90 Å². The molecule has 7 heteroatoms. The molecule has 35 heavy (non-hydrogen) atoms. The number of aromatic nitrogens is 2. The first-order valence-electron chi connectivity index (χ1n) is 12.4. The molecule has 2 aliphatic rings. The first kappa shape index (κ1) is 23.4. The molecule has 0 aliphatic carbocycles. The van der Waals surface area contributed by atoms with Gasteiger partial charge in [-0.25, -0.2) is 4.98 Å². The highest BCUT2D eigenvalue weighted by atomic mass is 16.5. The van der Waals surface area contributed by atoms with Crippen LogP contribution in [0.4, 0.5) is 5.95 Å². The van der Waals surface area contributed by atoms with Gasteiger partial charge in [0.15, 0.2) is 11.5 Å². The molecule has 0 spiro atoms. The van der Waals surface area contributed by atoms with Crippen LogP contribution in [-0.2, 0) is 19.5 Å². The number of piperidine rings is 1. The van der Waals surface area contributed by atoms with E-state index in [1.807, 2.05) is 36.4 Å². The van der Waals surface area contributed by atoms with E-state index in [-0.39, 0.29) is 0 Å². The average molecular weight is 475 g/mol. The monoisotopic (exact) mass is 474 g/mol. The SMILES string of the molecule is COc1cccc(CN2CCc3nc(N4CCC(C)CC4)nc(Oc4ccccc4OC)c3C2)c1. The lowest BCUT2D eigenvalue weighted by atomic mass is 9.99. The highest BCUT2D eigenvalue weighted by Crippen LogP contribution is 2.36. The smallest absolute Gasteiger partial charge is 0.229 e. The van der Waals surface area contributed by atoms with Gasteiger partial charge in [-0.1, -0.05) is 31.2 Å². The van der Waals surface area contributed by atoms with Gasteiger partial charge in [-0.2, -0.15) is 4.98 Å². The zero-order chi connectivity index (χ0) is 24.2. The fraction of sp³-hybridized carbons (Fsp3) is 0.429. The molecule has 2 aliphatic heterocycles. The highest BCUT2D eigenvalue weighted by Gasteiger charge is 2.27. The molecular formula is C28H34N4O3. The van der Waals surface area contributed by atoms with Gasteiger partial charge in [0.25, 0.3) is 0 Å². The van der Waals surface area contributed by atoms with Crippen molar-refractivity contribution < 1.29 is 14.2 Å². The standard InChI is InChI=1S/C28H34N4O3/c1-20-11-15-32(16-12-20)28-29-24-13-14-31(18-21-7-6-8-22(17-21)33-2)19-23(24)27(30-28)35-26-10-5-4-9-25(26)34-3/h4-10,17,20H,11-16,18-19H2,1-3H3. The molecule has 1 fully saturated rings. The average Bonchev–Trinajstić information content (AvgIpc) is 2.89. The van der Waals surface area contributed by atoms with Crippen LogP contribution in [-0.4, -0.2) is 48.7 Å². The second-order valence-corrected chi connectivity index (χ2v) is 9.49. The number of ether oxygens (including phenoxy) is 3. The Labute approximate surface area is 207 Å². The minimum absolute atomic E-state index is 0.628. The molecule has 2 aromatic carbocycles. The minimum atomic E-state index is 0.628. The van der Waals surface area contributed by atoms with E-state index < -0.39 is 0 Å². The molecule has 0 radical (unpaired) electrons. The normalized spacial score (nSPS) is 16.6. The van der Waals surface area contributed by atoms with E-state index in [0.717, 1.165) is 80.9 Å². The van der Waals surface area contributed by atoms with Crippen LogP contribution in [0.5, 0.6) is 23.1 Å². The Morgan fingerprint density at radius 2 is 1.71 bits per heavy atom. The van der Waals surface area contributed by atoms with E-state index in [2.05, 4.69) is 28.9 Å². The van der Waals surface area contributed by atoms with Crippen LogP contribution < -0.4 is 19.1 Å². The molecule has 7 nitrogen and oxygen atoms in total. The van der Waals surface area contributed by atoms with Crippen molar-refractivity contribution in [3.63, 3.8) is 0 Å². The Morgan fingerprint density at radius 3 is 2.49 bits per heavy atom. The molecule has 1 saturated heterocycles. The van der Waals surface area contributed by atoms with Crippen molar-refractivity contribution >= 4 is 5.95 Å². The van der Waals surface area contributed by atoms with Crippen molar-refractivity contribution in [1.29, 1.82) is 0 Å². The maximum Gasteiger partial charge on any atom is 0.229 e. The Hall–Kier alpha value is -3.32. The number of fused-ring (bicyclic) bond motifs is 1. The van der Waals surface area contributed by atoms with Crippen molar-refractivity contribution in [3.05, 3.63) is 65.4 Å². The van der Waals surface area contributed by atoms with Gasteiger partial charge in [-0.15, -0.1) is 0 Å². The van der Waals surface area contributed by atoms with Gasteiger partial charge < -0.3 is 19.1 Å². The number of hydrogen-bond acceptors (Lipinski definition) is 7. The Balaban J connectivity index is 1.45. The van der Waals surface area contributed by atoms with Crippen LogP contribution in [0.1, 0.15) is 36.6 Å². The second kappa shape index (κ2) is 10.5. The van der Waals surface area contributed by atoms with E-state index >= 15 is 0 Å². The summed E-state index contributed by atoms with van der Waals surface area (Å²) in [6.45, 7) is 6.78. The molecule has 5 rings (SSSR count). The van der Waals surface area contributed by atoms with E-state index in [9.17, 15) is 0 Å². The fourth-order valence-electron chi connectivity index (χ4n) is 4.83. The maximum absolute atomic E-state index is 6.44. The number of benzene rings is 2. The van der Waals surface area contributed by atoms with Gasteiger partial charge in [0.2, 0.25) is 11.8 Å². The topological polar surface area (TPSA) is 60.0 Å². The summed E-state index contributed by atoms with van der Waals surface area (Å²) in [6, 6.07) is 16.0. The summed E-state index contributed by atoms with van der Waals surface area (Å²) in [6.07, 6.45) is 3.19. The van der Waals surface area contributed by atoms with Crippen LogP contribution >= 0.6 is 0 Å². The number of nitrogens with zero attached hydrogens (tertiary/aromatic N) is 4. The summed E-state index contributed by atoms with van der Waals surface area (Å²) >= 11 is 0. The number of para-hydroxylation sites is 2. The first-order chi connectivity index (χ1) is 17.1. The largest absolute Gasteiger partial charge is 0.497 e. The molecule has 3 aromatic rings. The van der Waals surface area contributed by atoms with Gasteiger partial charge in [0.05, 0.1) is 25.5 Å². The van der Waals surface area contributed by atoms with E-state index in [1.54, 1.807) is 14.2 Å². The summed E-state index contributed by atoms with van der Waals surface area (Å²) in [4.78, 5) is 14.7. The highest BCUT2D eigenvalue weighted by molar-refractivity contribution is 5.47. The van der Waals surface area contributed by atoms with Crippen LogP contribution in [0.2, 0.25) is 0 Å². The first-order valence-corrected chi connectivity index (χ1v) is 12.4. The summed E-state index contributed by atoms with van der Waals surface area (Å²) in [5, 5.41) is 0. The van der Waals surface area contributed by atoms with E-state index in [4.69, 9.17) is 24.2 Å². The van der Waals surface area contributed by atoms with Crippen LogP contribution in [0.3, 0.4) is 0 Å². The van der Waals surface area contributed by atoms with Crippen LogP contribution in [0.15, 0.2) is 48.5 Å². The number of hydrogen-bond donors (Lipinski definition) is 0. The van der Waals surface area contributed by atoms with Gasteiger partial charge in [0.1, 0.15) is 5.75 Å². The molecule has 0 bridgehead atoms. The predicted molar refractivity (Wildman–Crippen MR) is 137 cm³/mol. The van der Waals surface area contributed by atoms with Crippen molar-refractivity contribution in [2.75, 3.05) is 38.8 Å². The zero-order valence-corrected chi connectivity index (χ0v) is 20.9. The fourth-order valence-corrected chi connectivity index (χ4v) is 4.83. The molecule has 3 heterocycles. The van der Waals surface area contributed by atoms with Crippen molar-refractivity contribution in [1.82, 2.24) is 14.9 Å². The van der Waals surface area contributed by atoms with Crippen molar-refractivity contribution in [2.24, 2.45) is 5.92 Å². The lowest BCUT2D eigenvalue weighted by Crippen LogP contribution is -2.36. The summed E-state index contributed by atoms with van der Waals surface area (Å²) in [7, 11) is 3.36. The van der Waals surface area contributed by atoms with Gasteiger partial charge in [0, 0.05) is 39.1 Å². The Morgan fingerprint density at radius 1 is 0.914 bits per heavy atom. The molecule has 0 unspecified atom stereocenters. The minimum Gasteiger partial charge on any atom is -0.497 e. The summed E-state index contributed by atoms with van der Waals surface area (Å²) in [5.74, 6) is 4.39. The van der Waals surface area contributed by atoms with Crippen LogP contribution in [0.25, 0.3) is 0 Å². The quantitative estimate of drug-likeness (QED) is 0.473. The third kappa shape index (κ3) is 5.35.